The Morgan fingerprint density at radius 3 is 2.47 bits per heavy atom. The van der Waals surface area contributed by atoms with Gasteiger partial charge in [0.1, 0.15) is 6.33 Å². The van der Waals surface area contributed by atoms with E-state index in [9.17, 15) is 10.1 Å². The molecule has 7 nitrogen and oxygen atoms in total. The zero-order valence-corrected chi connectivity index (χ0v) is 10.6. The van der Waals surface area contributed by atoms with Crippen LogP contribution >= 0.6 is 0 Å². The normalized spacial score (nSPS) is 10.0. The minimum absolute atomic E-state index is 0.142. The van der Waals surface area contributed by atoms with Gasteiger partial charge in [-0.05, 0) is 12.1 Å². The molecule has 19 heavy (non-hydrogen) atoms. The molecule has 1 N–H and O–H groups in total. The third-order valence-electron chi connectivity index (χ3n) is 2.45. The molecule has 0 amide bonds. The Morgan fingerprint density at radius 2 is 1.89 bits per heavy atom. The molecule has 0 aliphatic heterocycles. The van der Waals surface area contributed by atoms with E-state index in [-0.39, 0.29) is 17.3 Å². The summed E-state index contributed by atoms with van der Waals surface area (Å²) in [6, 6.07) is 9.15. The van der Waals surface area contributed by atoms with Crippen LogP contribution < -0.4 is 10.2 Å². The average Bonchev–Trinajstić information content (AvgIpc) is 2.39. The van der Waals surface area contributed by atoms with Crippen LogP contribution in [0.1, 0.15) is 0 Å². The van der Waals surface area contributed by atoms with Gasteiger partial charge in [0.05, 0.1) is 4.92 Å². The van der Waals surface area contributed by atoms with Gasteiger partial charge in [-0.1, -0.05) is 18.2 Å². The molecular weight excluding hydrogens is 246 g/mol. The van der Waals surface area contributed by atoms with Crippen LogP contribution in [0.15, 0.2) is 36.7 Å². The maximum Gasteiger partial charge on any atom is 0.353 e. The van der Waals surface area contributed by atoms with E-state index in [0.717, 1.165) is 5.69 Å². The fourth-order valence-electron chi connectivity index (χ4n) is 1.61. The lowest BCUT2D eigenvalue weighted by Gasteiger charge is -2.13. The first kappa shape index (κ1) is 12.7. The minimum atomic E-state index is -0.486. The Balaban J connectivity index is 2.45. The van der Waals surface area contributed by atoms with Crippen LogP contribution in [-0.4, -0.2) is 29.0 Å². The first-order chi connectivity index (χ1) is 9.09. The predicted octanol–water partition coefficient (Wildman–Crippen LogP) is 2.19. The molecule has 0 unspecified atom stereocenters. The fourth-order valence-corrected chi connectivity index (χ4v) is 1.61. The zero-order valence-electron chi connectivity index (χ0n) is 10.6. The highest BCUT2D eigenvalue weighted by Gasteiger charge is 2.24. The summed E-state index contributed by atoms with van der Waals surface area (Å²) in [5.41, 5.74) is 0.588. The van der Waals surface area contributed by atoms with Gasteiger partial charge in [0.25, 0.3) is 0 Å². The topological polar surface area (TPSA) is 84.2 Å². The van der Waals surface area contributed by atoms with Crippen LogP contribution in [0.5, 0.6) is 0 Å². The Hall–Kier alpha value is -2.70. The van der Waals surface area contributed by atoms with Gasteiger partial charge in [-0.25, -0.2) is 9.97 Å². The molecule has 2 rings (SSSR count). The van der Waals surface area contributed by atoms with Gasteiger partial charge in [-0.15, -0.1) is 0 Å². The van der Waals surface area contributed by atoms with E-state index in [1.165, 1.54) is 6.33 Å². The van der Waals surface area contributed by atoms with Crippen LogP contribution in [0.2, 0.25) is 0 Å². The molecule has 7 heteroatoms. The van der Waals surface area contributed by atoms with Gasteiger partial charge in [-0.3, -0.25) is 10.1 Å². The second kappa shape index (κ2) is 5.30. The number of para-hydroxylation sites is 1. The SMILES string of the molecule is CN(C)c1ncnc(Nc2ccccc2)c1[N+](=O)[O-]. The van der Waals surface area contributed by atoms with E-state index in [0.29, 0.717) is 0 Å². The van der Waals surface area contributed by atoms with Crippen molar-refractivity contribution in [3.8, 4) is 0 Å². The van der Waals surface area contributed by atoms with Crippen molar-refractivity contribution in [2.45, 2.75) is 0 Å². The van der Waals surface area contributed by atoms with Gasteiger partial charge in [0, 0.05) is 19.8 Å². The quantitative estimate of drug-likeness (QED) is 0.669. The maximum absolute atomic E-state index is 11.2. The molecule has 0 spiro atoms. The molecule has 0 aliphatic rings. The van der Waals surface area contributed by atoms with Gasteiger partial charge in [0.15, 0.2) is 0 Å². The second-order valence-corrected chi connectivity index (χ2v) is 4.04. The second-order valence-electron chi connectivity index (χ2n) is 4.04. The van der Waals surface area contributed by atoms with Gasteiger partial charge < -0.3 is 10.2 Å². The summed E-state index contributed by atoms with van der Waals surface area (Å²) in [6.07, 6.45) is 1.30. The molecule has 1 heterocycles. The number of hydrogen-bond donors (Lipinski definition) is 1. The van der Waals surface area contributed by atoms with Crippen LogP contribution in [0.4, 0.5) is 23.0 Å². The summed E-state index contributed by atoms with van der Waals surface area (Å²) in [5, 5.41) is 14.1. The number of nitrogens with one attached hydrogen (secondary N) is 1. The Morgan fingerprint density at radius 1 is 1.21 bits per heavy atom. The number of nitro groups is 1. The summed E-state index contributed by atoms with van der Waals surface area (Å²) >= 11 is 0. The van der Waals surface area contributed by atoms with Gasteiger partial charge in [-0.2, -0.15) is 0 Å². The van der Waals surface area contributed by atoms with Crippen molar-refractivity contribution in [3.63, 3.8) is 0 Å². The molecule has 0 bridgehead atoms. The predicted molar refractivity (Wildman–Crippen MR) is 72.7 cm³/mol. The monoisotopic (exact) mass is 259 g/mol. The summed E-state index contributed by atoms with van der Waals surface area (Å²) < 4.78 is 0. The lowest BCUT2D eigenvalue weighted by molar-refractivity contribution is -0.383. The first-order valence-electron chi connectivity index (χ1n) is 5.58. The number of nitrogens with zero attached hydrogens (tertiary/aromatic N) is 4. The number of rotatable bonds is 4. The standard InChI is InChI=1S/C12H13N5O2/c1-16(2)12-10(17(18)19)11(13-8-14-12)15-9-6-4-3-5-7-9/h3-8H,1-2H3,(H,13,14,15). The summed E-state index contributed by atoms with van der Waals surface area (Å²) in [6.45, 7) is 0. The lowest BCUT2D eigenvalue weighted by atomic mass is 10.3. The van der Waals surface area contributed by atoms with Crippen molar-refractivity contribution in [1.29, 1.82) is 0 Å². The molecule has 1 aromatic heterocycles. The Labute approximate surface area is 110 Å². The van der Waals surface area contributed by atoms with E-state index >= 15 is 0 Å². The van der Waals surface area contributed by atoms with Crippen molar-refractivity contribution in [1.82, 2.24) is 9.97 Å². The molecular formula is C12H13N5O2. The number of benzene rings is 1. The van der Waals surface area contributed by atoms with E-state index in [2.05, 4.69) is 15.3 Å². The number of aromatic nitrogens is 2. The van der Waals surface area contributed by atoms with Crippen molar-refractivity contribution in [2.75, 3.05) is 24.3 Å². The molecule has 2 aromatic rings. The molecule has 98 valence electrons. The van der Waals surface area contributed by atoms with Gasteiger partial charge in [0.2, 0.25) is 11.6 Å². The first-order valence-corrected chi connectivity index (χ1v) is 5.58. The number of hydrogen-bond acceptors (Lipinski definition) is 6. The molecule has 0 saturated heterocycles. The maximum atomic E-state index is 11.2. The zero-order chi connectivity index (χ0) is 13.8. The van der Waals surface area contributed by atoms with E-state index < -0.39 is 4.92 Å². The highest BCUT2D eigenvalue weighted by atomic mass is 16.6. The van der Waals surface area contributed by atoms with Crippen LogP contribution in [0.25, 0.3) is 0 Å². The summed E-state index contributed by atoms with van der Waals surface area (Å²) in [4.78, 5) is 20.2. The largest absolute Gasteiger partial charge is 0.357 e. The van der Waals surface area contributed by atoms with Crippen molar-refractivity contribution in [2.24, 2.45) is 0 Å². The Bertz CT molecular complexity index is 586. The average molecular weight is 259 g/mol. The van der Waals surface area contributed by atoms with Crippen molar-refractivity contribution >= 4 is 23.0 Å². The van der Waals surface area contributed by atoms with E-state index in [4.69, 9.17) is 0 Å². The van der Waals surface area contributed by atoms with Gasteiger partial charge >= 0.3 is 5.69 Å². The molecule has 0 radical (unpaired) electrons. The number of anilines is 3. The van der Waals surface area contributed by atoms with Crippen molar-refractivity contribution in [3.05, 3.63) is 46.8 Å². The van der Waals surface area contributed by atoms with E-state index in [1.54, 1.807) is 31.1 Å². The Kier molecular flexibility index (Phi) is 3.56. The van der Waals surface area contributed by atoms with Crippen LogP contribution in [0.3, 0.4) is 0 Å². The third-order valence-corrected chi connectivity index (χ3v) is 2.45. The molecule has 0 aliphatic carbocycles. The fraction of sp³-hybridized carbons (Fsp3) is 0.167. The van der Waals surface area contributed by atoms with Crippen LogP contribution in [-0.2, 0) is 0 Å². The highest BCUT2D eigenvalue weighted by molar-refractivity contribution is 5.73. The minimum Gasteiger partial charge on any atom is -0.357 e. The summed E-state index contributed by atoms with van der Waals surface area (Å²) in [7, 11) is 3.39. The molecule has 1 aromatic carbocycles. The van der Waals surface area contributed by atoms with Crippen molar-refractivity contribution < 1.29 is 4.92 Å². The van der Waals surface area contributed by atoms with E-state index in [1.807, 2.05) is 18.2 Å². The van der Waals surface area contributed by atoms with Crippen LogP contribution in [0, 0.1) is 10.1 Å². The molecule has 0 fully saturated rings. The lowest BCUT2D eigenvalue weighted by Crippen LogP contribution is -2.14. The third kappa shape index (κ3) is 2.76. The smallest absolute Gasteiger partial charge is 0.353 e. The highest BCUT2D eigenvalue weighted by Crippen LogP contribution is 2.32. The molecule has 0 saturated carbocycles. The summed E-state index contributed by atoms with van der Waals surface area (Å²) in [5.74, 6) is 0.438. The molecule has 0 atom stereocenters.